The van der Waals surface area contributed by atoms with Gasteiger partial charge in [0, 0.05) is 43.5 Å². The van der Waals surface area contributed by atoms with E-state index in [0.717, 1.165) is 34.7 Å². The van der Waals surface area contributed by atoms with Crippen molar-refractivity contribution in [2.45, 2.75) is 32.5 Å². The van der Waals surface area contributed by atoms with Gasteiger partial charge in [-0.25, -0.2) is 18.9 Å². The third kappa shape index (κ3) is 3.85. The van der Waals surface area contributed by atoms with E-state index < -0.39 is 6.17 Å². The molecule has 9 heteroatoms. The van der Waals surface area contributed by atoms with Crippen LogP contribution in [0.15, 0.2) is 30.6 Å². The molecule has 0 aliphatic carbocycles. The molecule has 0 aromatic carbocycles. The number of anilines is 2. The van der Waals surface area contributed by atoms with Gasteiger partial charge in [0.1, 0.15) is 12.0 Å². The highest BCUT2D eigenvalue weighted by Gasteiger charge is 2.28. The smallest absolute Gasteiger partial charge is 0.225 e. The number of aromatic nitrogens is 5. The van der Waals surface area contributed by atoms with Crippen LogP contribution in [0.5, 0.6) is 0 Å². The number of halogens is 1. The van der Waals surface area contributed by atoms with Crippen molar-refractivity contribution >= 4 is 23.0 Å². The second-order valence-corrected chi connectivity index (χ2v) is 7.57. The van der Waals surface area contributed by atoms with Gasteiger partial charge in [-0.15, -0.1) is 0 Å². The van der Waals surface area contributed by atoms with Crippen molar-refractivity contribution < 1.29 is 4.39 Å². The molecule has 0 saturated carbocycles. The molecule has 4 heterocycles. The summed E-state index contributed by atoms with van der Waals surface area (Å²) < 4.78 is 16.2. The number of hydrogen-bond acceptors (Lipinski definition) is 7. The van der Waals surface area contributed by atoms with E-state index in [1.54, 1.807) is 10.7 Å². The number of fused-ring (bicyclic) bond motifs is 1. The van der Waals surface area contributed by atoms with Gasteiger partial charge in [-0.2, -0.15) is 10.1 Å². The molecule has 0 radical (unpaired) electrons. The van der Waals surface area contributed by atoms with Crippen molar-refractivity contribution in [2.24, 2.45) is 0 Å². The number of hydrogen-bond donors (Lipinski definition) is 2. The summed E-state index contributed by atoms with van der Waals surface area (Å²) in [5, 5.41) is 10.6. The van der Waals surface area contributed by atoms with Crippen LogP contribution in [-0.2, 0) is 0 Å². The van der Waals surface area contributed by atoms with Crippen LogP contribution in [0.25, 0.3) is 11.2 Å². The van der Waals surface area contributed by atoms with Crippen molar-refractivity contribution in [3.05, 3.63) is 47.6 Å². The van der Waals surface area contributed by atoms with Crippen LogP contribution in [0, 0.1) is 6.92 Å². The zero-order valence-electron chi connectivity index (χ0n) is 17.7. The summed E-state index contributed by atoms with van der Waals surface area (Å²) in [6, 6.07) is 3.50. The summed E-state index contributed by atoms with van der Waals surface area (Å²) in [4.78, 5) is 16.0. The highest BCUT2D eigenvalue weighted by molar-refractivity contribution is 5.85. The average Bonchev–Trinajstić information content (AvgIpc) is 3.20. The fourth-order valence-corrected chi connectivity index (χ4v) is 3.91. The number of nitrogens with zero attached hydrogens (tertiary/aromatic N) is 6. The predicted octanol–water partition coefficient (Wildman–Crippen LogP) is 2.78. The van der Waals surface area contributed by atoms with Gasteiger partial charge in [0.15, 0.2) is 5.65 Å². The predicted molar refractivity (Wildman–Crippen MR) is 116 cm³/mol. The van der Waals surface area contributed by atoms with Gasteiger partial charge in [-0.05, 0) is 33.4 Å². The number of rotatable bonds is 5. The number of alkyl halides is 1. The molecular weight excluding hydrogens is 383 g/mol. The zero-order chi connectivity index (χ0) is 21.3. The first-order chi connectivity index (χ1) is 14.5. The Balaban J connectivity index is 1.67. The van der Waals surface area contributed by atoms with Crippen LogP contribution in [-0.4, -0.2) is 68.9 Å². The molecule has 0 spiro atoms. The minimum absolute atomic E-state index is 0.289. The average molecular weight is 411 g/mol. The molecule has 1 aliphatic heterocycles. The highest BCUT2D eigenvalue weighted by atomic mass is 19.1. The highest BCUT2D eigenvalue weighted by Crippen LogP contribution is 2.31. The quantitative estimate of drug-likeness (QED) is 0.669. The summed E-state index contributed by atoms with van der Waals surface area (Å²) in [6.07, 6.45) is 5.36. The van der Waals surface area contributed by atoms with Crippen molar-refractivity contribution in [2.75, 3.05) is 37.8 Å². The van der Waals surface area contributed by atoms with Gasteiger partial charge in [0.25, 0.3) is 0 Å². The minimum atomic E-state index is -0.956. The van der Waals surface area contributed by atoms with E-state index in [-0.39, 0.29) is 6.04 Å². The molecule has 0 bridgehead atoms. The van der Waals surface area contributed by atoms with Gasteiger partial charge in [0.2, 0.25) is 5.95 Å². The summed E-state index contributed by atoms with van der Waals surface area (Å²) in [6.45, 7) is 5.17. The first-order valence-electron chi connectivity index (χ1n) is 10.1. The lowest BCUT2D eigenvalue weighted by Crippen LogP contribution is -2.46. The Morgan fingerprint density at radius 1 is 1.27 bits per heavy atom. The fourth-order valence-electron chi connectivity index (χ4n) is 3.91. The van der Waals surface area contributed by atoms with E-state index in [1.807, 2.05) is 57.2 Å². The molecule has 30 heavy (non-hydrogen) atoms. The van der Waals surface area contributed by atoms with E-state index >= 15 is 0 Å². The van der Waals surface area contributed by atoms with Crippen LogP contribution in [0.2, 0.25) is 0 Å². The third-order valence-corrected chi connectivity index (χ3v) is 5.48. The van der Waals surface area contributed by atoms with Gasteiger partial charge in [-0.1, -0.05) is 6.08 Å². The SMILES string of the molecule is C/C=C(/c1ccn2nccc2n1)c1c(C)nc(NC2CCN(C)CC2F)nc1NC. The lowest BCUT2D eigenvalue weighted by atomic mass is 10.0. The summed E-state index contributed by atoms with van der Waals surface area (Å²) in [5.74, 6) is 1.11. The molecule has 4 rings (SSSR count). The number of piperidine rings is 1. The molecule has 1 fully saturated rings. The Morgan fingerprint density at radius 2 is 2.10 bits per heavy atom. The van der Waals surface area contributed by atoms with Crippen molar-refractivity contribution in [1.82, 2.24) is 29.5 Å². The molecule has 3 aromatic heterocycles. The van der Waals surface area contributed by atoms with Gasteiger partial charge in [0.05, 0.1) is 23.6 Å². The van der Waals surface area contributed by atoms with Crippen LogP contribution in [0.4, 0.5) is 16.2 Å². The minimum Gasteiger partial charge on any atom is -0.372 e. The molecule has 3 aromatic rings. The fraction of sp³-hybridized carbons (Fsp3) is 0.429. The van der Waals surface area contributed by atoms with Gasteiger partial charge >= 0.3 is 0 Å². The lowest BCUT2D eigenvalue weighted by Gasteiger charge is -2.32. The molecule has 2 N–H and O–H groups in total. The summed E-state index contributed by atoms with van der Waals surface area (Å²) in [5.41, 5.74) is 4.18. The zero-order valence-corrected chi connectivity index (χ0v) is 17.7. The number of aryl methyl sites for hydroxylation is 1. The molecule has 1 saturated heterocycles. The van der Waals surface area contributed by atoms with Crippen LogP contribution in [0.1, 0.15) is 30.3 Å². The third-order valence-electron chi connectivity index (χ3n) is 5.48. The summed E-state index contributed by atoms with van der Waals surface area (Å²) >= 11 is 0. The van der Waals surface area contributed by atoms with Crippen LogP contribution >= 0.6 is 0 Å². The second-order valence-electron chi connectivity index (χ2n) is 7.57. The Morgan fingerprint density at radius 3 is 2.83 bits per heavy atom. The molecule has 1 aliphatic rings. The Hall–Kier alpha value is -3.07. The van der Waals surface area contributed by atoms with Crippen LogP contribution < -0.4 is 10.6 Å². The molecule has 2 unspecified atom stereocenters. The number of allylic oxidation sites excluding steroid dienone is 1. The summed E-state index contributed by atoms with van der Waals surface area (Å²) in [7, 11) is 3.76. The van der Waals surface area contributed by atoms with E-state index in [1.165, 1.54) is 0 Å². The van der Waals surface area contributed by atoms with E-state index in [4.69, 9.17) is 4.98 Å². The van der Waals surface area contributed by atoms with Crippen molar-refractivity contribution in [3.63, 3.8) is 0 Å². The van der Waals surface area contributed by atoms with Gasteiger partial charge in [-0.3, -0.25) is 0 Å². The van der Waals surface area contributed by atoms with E-state index in [0.29, 0.717) is 24.7 Å². The molecule has 8 nitrogen and oxygen atoms in total. The Kier molecular flexibility index (Phi) is 5.63. The number of nitrogens with one attached hydrogen (secondary N) is 2. The Bertz CT molecular complexity index is 1080. The first kappa shape index (κ1) is 20.2. The molecule has 0 amide bonds. The number of likely N-dealkylation sites (tertiary alicyclic amines) is 1. The maximum atomic E-state index is 14.5. The van der Waals surface area contributed by atoms with E-state index in [9.17, 15) is 4.39 Å². The molecular formula is C21H27FN8. The van der Waals surface area contributed by atoms with Gasteiger partial charge < -0.3 is 15.5 Å². The topological polar surface area (TPSA) is 83.3 Å². The van der Waals surface area contributed by atoms with E-state index in [2.05, 4.69) is 25.7 Å². The lowest BCUT2D eigenvalue weighted by molar-refractivity contribution is 0.149. The van der Waals surface area contributed by atoms with Crippen molar-refractivity contribution in [1.29, 1.82) is 0 Å². The second kappa shape index (κ2) is 8.35. The normalized spacial score (nSPS) is 20.5. The molecule has 158 valence electrons. The standard InChI is InChI=1S/C21H27FN8/c1-5-14(16-8-11-30-18(26-16)6-9-24-30)19-13(2)25-21(28-20(19)23-3)27-17-7-10-29(4)12-15(17)22/h5-6,8-9,11,15,17H,7,10,12H2,1-4H3,(H2,23,25,27,28)/b14-5-. The first-order valence-corrected chi connectivity index (χ1v) is 10.1. The molecule has 2 atom stereocenters. The van der Waals surface area contributed by atoms with Crippen LogP contribution in [0.3, 0.4) is 0 Å². The van der Waals surface area contributed by atoms with Crippen molar-refractivity contribution in [3.8, 4) is 0 Å². The maximum Gasteiger partial charge on any atom is 0.225 e. The largest absolute Gasteiger partial charge is 0.372 e. The monoisotopic (exact) mass is 410 g/mol. The maximum absolute atomic E-state index is 14.5. The Labute approximate surface area is 175 Å².